The molecular formula is C16H25NO2. The molecule has 1 aromatic rings. The Hall–Kier alpha value is -1.35. The Kier molecular flexibility index (Phi) is 6.57. The Labute approximate surface area is 116 Å². The SMILES string of the molecule is COc1ccc(CCNCCC(C)=O)cc1C(C)C. The number of rotatable bonds is 8. The summed E-state index contributed by atoms with van der Waals surface area (Å²) in [4.78, 5) is 10.8. The number of ether oxygens (including phenoxy) is 1. The predicted molar refractivity (Wildman–Crippen MR) is 79.0 cm³/mol. The van der Waals surface area contributed by atoms with Crippen molar-refractivity contribution in [2.75, 3.05) is 20.2 Å². The molecule has 0 unspecified atom stereocenters. The van der Waals surface area contributed by atoms with Crippen molar-refractivity contribution in [1.82, 2.24) is 5.32 Å². The smallest absolute Gasteiger partial charge is 0.131 e. The van der Waals surface area contributed by atoms with Crippen LogP contribution < -0.4 is 10.1 Å². The molecule has 1 aromatic carbocycles. The zero-order valence-corrected chi connectivity index (χ0v) is 12.5. The zero-order valence-electron chi connectivity index (χ0n) is 12.5. The first kappa shape index (κ1) is 15.7. The summed E-state index contributed by atoms with van der Waals surface area (Å²) in [7, 11) is 1.71. The summed E-state index contributed by atoms with van der Waals surface area (Å²) in [5.41, 5.74) is 2.56. The monoisotopic (exact) mass is 263 g/mol. The van der Waals surface area contributed by atoms with Gasteiger partial charge in [0.15, 0.2) is 0 Å². The van der Waals surface area contributed by atoms with Gasteiger partial charge in [-0.3, -0.25) is 4.79 Å². The Morgan fingerprint density at radius 3 is 2.63 bits per heavy atom. The molecule has 0 heterocycles. The molecule has 0 aliphatic rings. The summed E-state index contributed by atoms with van der Waals surface area (Å²) in [6, 6.07) is 6.37. The molecular weight excluding hydrogens is 238 g/mol. The number of hydrogen-bond donors (Lipinski definition) is 1. The van der Waals surface area contributed by atoms with Crippen LogP contribution in [0.1, 0.15) is 44.2 Å². The van der Waals surface area contributed by atoms with E-state index in [1.807, 2.05) is 6.07 Å². The fraction of sp³-hybridized carbons (Fsp3) is 0.562. The van der Waals surface area contributed by atoms with Crippen LogP contribution in [0, 0.1) is 0 Å². The molecule has 106 valence electrons. The van der Waals surface area contributed by atoms with Crippen molar-refractivity contribution in [3.05, 3.63) is 29.3 Å². The van der Waals surface area contributed by atoms with Crippen molar-refractivity contribution >= 4 is 5.78 Å². The summed E-state index contributed by atoms with van der Waals surface area (Å²) in [6.07, 6.45) is 1.58. The molecule has 0 spiro atoms. The average Bonchev–Trinajstić information content (AvgIpc) is 2.37. The molecule has 0 atom stereocenters. The minimum atomic E-state index is 0.235. The van der Waals surface area contributed by atoms with E-state index in [9.17, 15) is 4.79 Å². The van der Waals surface area contributed by atoms with Crippen LogP contribution >= 0.6 is 0 Å². The maximum Gasteiger partial charge on any atom is 0.131 e. The van der Waals surface area contributed by atoms with Crippen molar-refractivity contribution in [3.8, 4) is 5.75 Å². The predicted octanol–water partition coefficient (Wildman–Crippen LogP) is 2.93. The van der Waals surface area contributed by atoms with Gasteiger partial charge in [-0.05, 0) is 43.0 Å². The summed E-state index contributed by atoms with van der Waals surface area (Å²) in [6.45, 7) is 7.64. The molecule has 19 heavy (non-hydrogen) atoms. The molecule has 1 N–H and O–H groups in total. The van der Waals surface area contributed by atoms with Gasteiger partial charge < -0.3 is 10.1 Å². The maximum absolute atomic E-state index is 10.8. The highest BCUT2D eigenvalue weighted by molar-refractivity contribution is 5.75. The lowest BCUT2D eigenvalue weighted by Gasteiger charge is -2.13. The molecule has 3 heteroatoms. The molecule has 0 saturated carbocycles. The third kappa shape index (κ3) is 5.43. The molecule has 0 amide bonds. The highest BCUT2D eigenvalue weighted by atomic mass is 16.5. The van der Waals surface area contributed by atoms with E-state index >= 15 is 0 Å². The van der Waals surface area contributed by atoms with Crippen LogP contribution in [-0.4, -0.2) is 26.0 Å². The second-order valence-electron chi connectivity index (χ2n) is 5.18. The van der Waals surface area contributed by atoms with Gasteiger partial charge in [-0.1, -0.05) is 26.0 Å². The number of Topliss-reactive ketones (excluding diaryl/α,β-unsaturated/α-hetero) is 1. The van der Waals surface area contributed by atoms with Crippen molar-refractivity contribution in [2.45, 2.75) is 39.5 Å². The van der Waals surface area contributed by atoms with Gasteiger partial charge in [0.1, 0.15) is 11.5 Å². The molecule has 0 fully saturated rings. The Bertz CT molecular complexity index is 413. The Morgan fingerprint density at radius 1 is 1.32 bits per heavy atom. The van der Waals surface area contributed by atoms with E-state index in [0.29, 0.717) is 12.3 Å². The topological polar surface area (TPSA) is 38.3 Å². The van der Waals surface area contributed by atoms with Gasteiger partial charge in [-0.2, -0.15) is 0 Å². The third-order valence-electron chi connectivity index (χ3n) is 3.16. The molecule has 0 saturated heterocycles. The highest BCUT2D eigenvalue weighted by Gasteiger charge is 2.08. The fourth-order valence-electron chi connectivity index (χ4n) is 2.01. The van der Waals surface area contributed by atoms with E-state index in [1.54, 1.807) is 14.0 Å². The standard InChI is InChI=1S/C16H25NO2/c1-12(2)15-11-14(5-6-16(15)19-4)8-10-17-9-7-13(3)18/h5-6,11-12,17H,7-10H2,1-4H3. The van der Waals surface area contributed by atoms with Gasteiger partial charge in [0, 0.05) is 13.0 Å². The van der Waals surface area contributed by atoms with Crippen molar-refractivity contribution in [2.24, 2.45) is 0 Å². The van der Waals surface area contributed by atoms with Crippen LogP contribution in [0.3, 0.4) is 0 Å². The van der Waals surface area contributed by atoms with Crippen molar-refractivity contribution in [1.29, 1.82) is 0 Å². The Balaban J connectivity index is 2.50. The van der Waals surface area contributed by atoms with Crippen LogP contribution in [0.15, 0.2) is 18.2 Å². The van der Waals surface area contributed by atoms with Gasteiger partial charge in [0.25, 0.3) is 0 Å². The number of methoxy groups -OCH3 is 1. The van der Waals surface area contributed by atoms with E-state index in [0.717, 1.165) is 25.3 Å². The van der Waals surface area contributed by atoms with Crippen molar-refractivity contribution < 1.29 is 9.53 Å². The lowest BCUT2D eigenvalue weighted by Crippen LogP contribution is -2.20. The van der Waals surface area contributed by atoms with E-state index < -0.39 is 0 Å². The minimum Gasteiger partial charge on any atom is -0.496 e. The maximum atomic E-state index is 10.8. The van der Waals surface area contributed by atoms with Crippen LogP contribution in [-0.2, 0) is 11.2 Å². The molecule has 0 aliphatic heterocycles. The second-order valence-corrected chi connectivity index (χ2v) is 5.18. The lowest BCUT2D eigenvalue weighted by molar-refractivity contribution is -0.116. The minimum absolute atomic E-state index is 0.235. The van der Waals surface area contributed by atoms with E-state index in [-0.39, 0.29) is 5.78 Å². The van der Waals surface area contributed by atoms with Gasteiger partial charge in [-0.25, -0.2) is 0 Å². The first-order valence-electron chi connectivity index (χ1n) is 6.91. The van der Waals surface area contributed by atoms with Crippen LogP contribution in [0.4, 0.5) is 0 Å². The molecule has 0 aliphatic carbocycles. The van der Waals surface area contributed by atoms with E-state index in [2.05, 4.69) is 31.3 Å². The van der Waals surface area contributed by atoms with Crippen molar-refractivity contribution in [3.63, 3.8) is 0 Å². The zero-order chi connectivity index (χ0) is 14.3. The van der Waals surface area contributed by atoms with Crippen LogP contribution in [0.5, 0.6) is 5.75 Å². The largest absolute Gasteiger partial charge is 0.496 e. The fourth-order valence-corrected chi connectivity index (χ4v) is 2.01. The molecule has 0 aromatic heterocycles. The van der Waals surface area contributed by atoms with Gasteiger partial charge in [0.05, 0.1) is 7.11 Å². The van der Waals surface area contributed by atoms with Crippen LogP contribution in [0.2, 0.25) is 0 Å². The van der Waals surface area contributed by atoms with Gasteiger partial charge in [-0.15, -0.1) is 0 Å². The summed E-state index contributed by atoms with van der Waals surface area (Å²) in [5, 5.41) is 3.29. The third-order valence-corrected chi connectivity index (χ3v) is 3.16. The number of carbonyl (C=O) groups is 1. The number of ketones is 1. The summed E-state index contributed by atoms with van der Waals surface area (Å²) < 4.78 is 5.38. The second kappa shape index (κ2) is 7.95. The molecule has 0 bridgehead atoms. The van der Waals surface area contributed by atoms with Gasteiger partial charge >= 0.3 is 0 Å². The van der Waals surface area contributed by atoms with Gasteiger partial charge in [0.2, 0.25) is 0 Å². The Morgan fingerprint density at radius 2 is 2.05 bits per heavy atom. The molecule has 0 radical (unpaired) electrons. The average molecular weight is 263 g/mol. The quantitative estimate of drug-likeness (QED) is 0.733. The summed E-state index contributed by atoms with van der Waals surface area (Å²) in [5.74, 6) is 1.66. The number of benzene rings is 1. The lowest BCUT2D eigenvalue weighted by atomic mass is 9.98. The highest BCUT2D eigenvalue weighted by Crippen LogP contribution is 2.27. The first-order valence-corrected chi connectivity index (χ1v) is 6.91. The first-order chi connectivity index (χ1) is 9.04. The number of carbonyl (C=O) groups excluding carboxylic acids is 1. The number of hydrogen-bond acceptors (Lipinski definition) is 3. The molecule has 1 rings (SSSR count). The summed E-state index contributed by atoms with van der Waals surface area (Å²) >= 11 is 0. The normalized spacial score (nSPS) is 10.8. The van der Waals surface area contributed by atoms with Crippen LogP contribution in [0.25, 0.3) is 0 Å². The number of nitrogens with one attached hydrogen (secondary N) is 1. The molecule has 3 nitrogen and oxygen atoms in total. The van der Waals surface area contributed by atoms with E-state index in [1.165, 1.54) is 11.1 Å². The van der Waals surface area contributed by atoms with E-state index in [4.69, 9.17) is 4.74 Å².